The van der Waals surface area contributed by atoms with Gasteiger partial charge in [-0.15, -0.1) is 0 Å². The molecule has 1 atom stereocenters. The van der Waals surface area contributed by atoms with Crippen molar-refractivity contribution in [3.8, 4) is 5.75 Å². The van der Waals surface area contributed by atoms with Gasteiger partial charge in [-0.05, 0) is 50.1 Å². The molecule has 0 radical (unpaired) electrons. The van der Waals surface area contributed by atoms with Crippen LogP contribution in [0.4, 0.5) is 4.39 Å². The van der Waals surface area contributed by atoms with Gasteiger partial charge in [-0.1, -0.05) is 44.1 Å². The molecule has 0 heterocycles. The molecule has 0 aliphatic heterocycles. The zero-order chi connectivity index (χ0) is 19.5. The number of benzene rings is 1. The van der Waals surface area contributed by atoms with E-state index in [1.165, 1.54) is 37.3 Å². The zero-order valence-corrected chi connectivity index (χ0v) is 15.8. The molecule has 0 aliphatic carbocycles. The van der Waals surface area contributed by atoms with Crippen molar-refractivity contribution in [2.75, 3.05) is 0 Å². The molecule has 0 spiro atoms. The Balaban J connectivity index is 2.91. The molecule has 0 saturated heterocycles. The minimum Gasteiger partial charge on any atom is -0.461 e. The van der Waals surface area contributed by atoms with E-state index in [1.54, 1.807) is 6.08 Å². The molecule has 0 amide bonds. The van der Waals surface area contributed by atoms with Gasteiger partial charge < -0.3 is 4.74 Å². The van der Waals surface area contributed by atoms with E-state index >= 15 is 0 Å². The lowest BCUT2D eigenvalue weighted by Crippen LogP contribution is -2.16. The van der Waals surface area contributed by atoms with Crippen molar-refractivity contribution >= 4 is 11.6 Å². The molecule has 3 nitrogen and oxygen atoms in total. The standard InChI is InChI=1S/C22H27FO3/c1-5-8-9-10-17(6-2)15-18(7-3)21(24)22(25)19-11-13-20(14-12-19)26-16(4)23/h6-7,11-16H,3,5,8-10H2,1-2,4H3/b17-6-,18-15+. The second-order valence-electron chi connectivity index (χ2n) is 5.97. The summed E-state index contributed by atoms with van der Waals surface area (Å²) in [4.78, 5) is 24.9. The highest BCUT2D eigenvalue weighted by Crippen LogP contribution is 2.18. The summed E-state index contributed by atoms with van der Waals surface area (Å²) in [5.74, 6) is -0.932. The normalized spacial score (nSPS) is 13.2. The number of hydrogen-bond acceptors (Lipinski definition) is 3. The summed E-state index contributed by atoms with van der Waals surface area (Å²) in [6.45, 7) is 8.97. The molecule has 0 N–H and O–H groups in total. The zero-order valence-electron chi connectivity index (χ0n) is 15.8. The largest absolute Gasteiger partial charge is 0.461 e. The Hall–Kier alpha value is -2.49. The molecule has 26 heavy (non-hydrogen) atoms. The first-order valence-corrected chi connectivity index (χ1v) is 8.92. The average molecular weight is 358 g/mol. The molecule has 1 unspecified atom stereocenters. The fourth-order valence-electron chi connectivity index (χ4n) is 2.43. The van der Waals surface area contributed by atoms with Crippen molar-refractivity contribution in [2.24, 2.45) is 0 Å². The lowest BCUT2D eigenvalue weighted by atomic mass is 9.98. The van der Waals surface area contributed by atoms with E-state index in [0.717, 1.165) is 31.3 Å². The van der Waals surface area contributed by atoms with E-state index in [1.807, 2.05) is 13.0 Å². The van der Waals surface area contributed by atoms with Crippen LogP contribution in [0.15, 0.2) is 60.2 Å². The van der Waals surface area contributed by atoms with Gasteiger partial charge in [0.25, 0.3) is 0 Å². The van der Waals surface area contributed by atoms with Gasteiger partial charge >= 0.3 is 0 Å². The van der Waals surface area contributed by atoms with Gasteiger partial charge in [0.2, 0.25) is 17.9 Å². The first-order chi connectivity index (χ1) is 12.4. The van der Waals surface area contributed by atoms with Gasteiger partial charge in [-0.3, -0.25) is 9.59 Å². The Morgan fingerprint density at radius 3 is 2.38 bits per heavy atom. The molecular formula is C22H27FO3. The highest BCUT2D eigenvalue weighted by atomic mass is 19.1. The van der Waals surface area contributed by atoms with Crippen molar-refractivity contribution in [1.29, 1.82) is 0 Å². The van der Waals surface area contributed by atoms with Crippen LogP contribution in [0.25, 0.3) is 0 Å². The predicted molar refractivity (Wildman–Crippen MR) is 103 cm³/mol. The third-order valence-corrected chi connectivity index (χ3v) is 3.88. The molecular weight excluding hydrogens is 331 g/mol. The minimum atomic E-state index is -1.44. The number of hydrogen-bond donors (Lipinski definition) is 0. The summed E-state index contributed by atoms with van der Waals surface area (Å²) in [5.41, 5.74) is 1.52. The van der Waals surface area contributed by atoms with Crippen molar-refractivity contribution in [3.05, 3.63) is 65.8 Å². The molecule has 4 heteroatoms. The number of allylic oxidation sites excluding steroid dienone is 5. The van der Waals surface area contributed by atoms with Crippen LogP contribution in [0.3, 0.4) is 0 Å². The summed E-state index contributed by atoms with van der Waals surface area (Å²) >= 11 is 0. The highest BCUT2D eigenvalue weighted by molar-refractivity contribution is 6.49. The summed E-state index contributed by atoms with van der Waals surface area (Å²) < 4.78 is 17.7. The minimum absolute atomic E-state index is 0.231. The number of ether oxygens (including phenoxy) is 1. The van der Waals surface area contributed by atoms with E-state index in [-0.39, 0.29) is 11.1 Å². The molecule has 1 aromatic carbocycles. The summed E-state index contributed by atoms with van der Waals surface area (Å²) in [6, 6.07) is 5.85. The Morgan fingerprint density at radius 1 is 1.23 bits per heavy atom. The van der Waals surface area contributed by atoms with E-state index < -0.39 is 17.9 Å². The maximum absolute atomic E-state index is 12.8. The number of alkyl halides is 1. The van der Waals surface area contributed by atoms with E-state index in [0.29, 0.717) is 5.75 Å². The summed E-state index contributed by atoms with van der Waals surface area (Å²) in [7, 11) is 0. The van der Waals surface area contributed by atoms with Crippen molar-refractivity contribution in [3.63, 3.8) is 0 Å². The fourth-order valence-corrected chi connectivity index (χ4v) is 2.43. The number of ketones is 2. The monoisotopic (exact) mass is 358 g/mol. The topological polar surface area (TPSA) is 43.4 Å². The van der Waals surface area contributed by atoms with Crippen molar-refractivity contribution in [1.82, 2.24) is 0 Å². The van der Waals surface area contributed by atoms with Gasteiger partial charge in [-0.2, -0.15) is 0 Å². The molecule has 1 rings (SSSR count). The third-order valence-electron chi connectivity index (χ3n) is 3.88. The molecule has 0 bridgehead atoms. The Kier molecular flexibility index (Phi) is 9.27. The molecule has 0 saturated carbocycles. The highest BCUT2D eigenvalue weighted by Gasteiger charge is 2.19. The Bertz CT molecular complexity index is 682. The number of rotatable bonds is 11. The maximum Gasteiger partial charge on any atom is 0.235 e. The average Bonchev–Trinajstić information content (AvgIpc) is 2.63. The Labute approximate surface area is 155 Å². The Morgan fingerprint density at radius 2 is 1.88 bits per heavy atom. The molecule has 0 fully saturated rings. The predicted octanol–water partition coefficient (Wildman–Crippen LogP) is 5.77. The van der Waals surface area contributed by atoms with E-state index in [4.69, 9.17) is 4.74 Å². The molecule has 0 aromatic heterocycles. The van der Waals surface area contributed by atoms with Crippen LogP contribution in [0.1, 0.15) is 56.8 Å². The number of carbonyl (C=O) groups excluding carboxylic acids is 2. The van der Waals surface area contributed by atoms with Gasteiger partial charge in [0, 0.05) is 18.1 Å². The van der Waals surface area contributed by atoms with Crippen LogP contribution in [-0.2, 0) is 4.79 Å². The lowest BCUT2D eigenvalue weighted by Gasteiger charge is -2.08. The summed E-state index contributed by atoms with van der Waals surface area (Å²) in [6.07, 6.45) is 7.77. The van der Waals surface area contributed by atoms with Gasteiger partial charge in [-0.25, -0.2) is 4.39 Å². The third kappa shape index (κ3) is 6.79. The van der Waals surface area contributed by atoms with E-state index in [9.17, 15) is 14.0 Å². The van der Waals surface area contributed by atoms with Crippen molar-refractivity contribution in [2.45, 2.75) is 52.8 Å². The van der Waals surface area contributed by atoms with Crippen LogP contribution in [0.5, 0.6) is 5.75 Å². The van der Waals surface area contributed by atoms with Gasteiger partial charge in [0.1, 0.15) is 5.75 Å². The number of unbranched alkanes of at least 4 members (excludes halogenated alkanes) is 2. The summed E-state index contributed by atoms with van der Waals surface area (Å²) in [5, 5.41) is 0. The van der Waals surface area contributed by atoms with Crippen LogP contribution in [-0.4, -0.2) is 17.9 Å². The van der Waals surface area contributed by atoms with Crippen LogP contribution >= 0.6 is 0 Å². The molecule has 1 aromatic rings. The molecule has 0 aliphatic rings. The second kappa shape index (κ2) is 11.2. The first-order valence-electron chi connectivity index (χ1n) is 8.92. The smallest absolute Gasteiger partial charge is 0.235 e. The van der Waals surface area contributed by atoms with E-state index in [2.05, 4.69) is 13.5 Å². The number of carbonyl (C=O) groups is 2. The lowest BCUT2D eigenvalue weighted by molar-refractivity contribution is -0.111. The second-order valence-corrected chi connectivity index (χ2v) is 5.97. The van der Waals surface area contributed by atoms with Gasteiger partial charge in [0.05, 0.1) is 0 Å². The number of Topliss-reactive ketones (excluding diaryl/α,β-unsaturated/α-hetero) is 2. The van der Waals surface area contributed by atoms with Crippen LogP contribution in [0, 0.1) is 0 Å². The van der Waals surface area contributed by atoms with Crippen LogP contribution < -0.4 is 4.74 Å². The SMILES string of the molecule is C=C/C(=C\C(=C/C)CCCCC)C(=O)C(=O)c1ccc(OC(C)F)cc1. The fraction of sp³-hybridized carbons (Fsp3) is 0.364. The first kappa shape index (κ1) is 21.6. The quantitative estimate of drug-likeness (QED) is 0.166. The number of halogens is 1. The molecule has 140 valence electrons. The van der Waals surface area contributed by atoms with Crippen molar-refractivity contribution < 1.29 is 18.7 Å². The van der Waals surface area contributed by atoms with Gasteiger partial charge in [0.15, 0.2) is 0 Å². The maximum atomic E-state index is 12.8. The van der Waals surface area contributed by atoms with Crippen LogP contribution in [0.2, 0.25) is 0 Å².